The molecule has 2 atom stereocenters. The molecule has 0 aromatic heterocycles. The maximum atomic E-state index is 12.8. The molecule has 4 aromatic carbocycles. The predicted molar refractivity (Wildman–Crippen MR) is 148 cm³/mol. The van der Waals surface area contributed by atoms with E-state index in [1.165, 1.54) is 0 Å². The zero-order chi connectivity index (χ0) is 26.3. The molecule has 0 heterocycles. The molecule has 1 aliphatic carbocycles. The summed E-state index contributed by atoms with van der Waals surface area (Å²) < 4.78 is 11.6. The number of nitrogens with one attached hydrogen (secondary N) is 2. The third-order valence-corrected chi connectivity index (χ3v) is 6.33. The number of rotatable bonds is 10. The van der Waals surface area contributed by atoms with Gasteiger partial charge in [-0.05, 0) is 59.7 Å². The number of benzene rings is 4. The fourth-order valence-corrected chi connectivity index (χ4v) is 4.15. The third-order valence-electron chi connectivity index (χ3n) is 6.33. The molecular weight excluding hydrogens is 476 g/mol. The van der Waals surface area contributed by atoms with E-state index in [2.05, 4.69) is 17.2 Å². The summed E-state index contributed by atoms with van der Waals surface area (Å²) in [5, 5.41) is 5.73. The average Bonchev–Trinajstić information content (AvgIpc) is 3.64. The topological polar surface area (TPSA) is 76.7 Å². The van der Waals surface area contributed by atoms with E-state index in [1.54, 1.807) is 48.5 Å². The number of anilines is 2. The number of hydrogen-bond donors (Lipinski definition) is 2. The molecular formula is C32H28N2O4. The van der Waals surface area contributed by atoms with Crippen LogP contribution in [0.5, 0.6) is 11.5 Å². The van der Waals surface area contributed by atoms with Gasteiger partial charge in [0.1, 0.15) is 24.7 Å². The SMILES string of the molecule is C=C1[C@@H](C(=O)Nc2ccc(OCc3ccccc3)cc2)[C@@H]1C(=O)Nc1ccc(OCc2ccccc2)cc1. The summed E-state index contributed by atoms with van der Waals surface area (Å²) in [6.07, 6.45) is 0. The lowest BCUT2D eigenvalue weighted by molar-refractivity contribution is -0.122. The normalized spacial score (nSPS) is 15.8. The first kappa shape index (κ1) is 24.8. The van der Waals surface area contributed by atoms with Crippen LogP contribution in [0.4, 0.5) is 11.4 Å². The van der Waals surface area contributed by atoms with Crippen molar-refractivity contribution in [1.29, 1.82) is 0 Å². The second kappa shape index (κ2) is 11.5. The van der Waals surface area contributed by atoms with Crippen molar-refractivity contribution in [3.05, 3.63) is 132 Å². The molecule has 6 heteroatoms. The van der Waals surface area contributed by atoms with E-state index in [4.69, 9.17) is 9.47 Å². The molecule has 0 spiro atoms. The van der Waals surface area contributed by atoms with E-state index in [0.717, 1.165) is 11.1 Å². The minimum atomic E-state index is -0.558. The molecule has 1 saturated carbocycles. The molecule has 190 valence electrons. The standard InChI is InChI=1S/C32H28N2O4/c1-22-29(31(35)33-25-12-16-27(17-13-25)37-20-23-8-4-2-5-9-23)30(22)32(36)34-26-14-18-28(19-15-26)38-21-24-10-6-3-7-11-24/h2-19,29-30H,1,20-21H2,(H,33,35)(H,34,36)/t29-,30-/m1/s1. The summed E-state index contributed by atoms with van der Waals surface area (Å²) >= 11 is 0. The lowest BCUT2D eigenvalue weighted by Crippen LogP contribution is -2.20. The highest BCUT2D eigenvalue weighted by Gasteiger charge is 2.52. The first-order chi connectivity index (χ1) is 18.6. The van der Waals surface area contributed by atoms with Crippen molar-refractivity contribution >= 4 is 23.2 Å². The number of carbonyl (C=O) groups excluding carboxylic acids is 2. The van der Waals surface area contributed by atoms with Gasteiger partial charge in [-0.3, -0.25) is 9.59 Å². The molecule has 4 aromatic rings. The van der Waals surface area contributed by atoms with Gasteiger partial charge in [0.25, 0.3) is 0 Å². The molecule has 1 fully saturated rings. The Balaban J connectivity index is 1.09. The van der Waals surface area contributed by atoms with Gasteiger partial charge in [-0.2, -0.15) is 0 Å². The minimum Gasteiger partial charge on any atom is -0.489 e. The Hall–Kier alpha value is -4.84. The van der Waals surface area contributed by atoms with Crippen molar-refractivity contribution in [2.24, 2.45) is 11.8 Å². The summed E-state index contributed by atoms with van der Waals surface area (Å²) in [6.45, 7) is 4.86. The lowest BCUT2D eigenvalue weighted by Gasteiger charge is -2.09. The molecule has 1 aliphatic rings. The van der Waals surface area contributed by atoms with Gasteiger partial charge in [-0.1, -0.05) is 72.8 Å². The molecule has 38 heavy (non-hydrogen) atoms. The smallest absolute Gasteiger partial charge is 0.232 e. The molecule has 0 aliphatic heterocycles. The van der Waals surface area contributed by atoms with Crippen LogP contribution in [-0.2, 0) is 22.8 Å². The highest BCUT2D eigenvalue weighted by molar-refractivity contribution is 6.08. The van der Waals surface area contributed by atoms with Gasteiger partial charge >= 0.3 is 0 Å². The van der Waals surface area contributed by atoms with Crippen molar-refractivity contribution in [2.75, 3.05) is 10.6 Å². The van der Waals surface area contributed by atoms with E-state index < -0.39 is 11.8 Å². The van der Waals surface area contributed by atoms with Crippen molar-refractivity contribution < 1.29 is 19.1 Å². The van der Waals surface area contributed by atoms with Crippen molar-refractivity contribution in [2.45, 2.75) is 13.2 Å². The van der Waals surface area contributed by atoms with Crippen molar-refractivity contribution in [3.8, 4) is 11.5 Å². The van der Waals surface area contributed by atoms with Crippen LogP contribution < -0.4 is 20.1 Å². The van der Waals surface area contributed by atoms with Crippen LogP contribution in [0.2, 0.25) is 0 Å². The Labute approximate surface area is 221 Å². The number of hydrogen-bond acceptors (Lipinski definition) is 4. The van der Waals surface area contributed by atoms with Gasteiger partial charge in [0.05, 0.1) is 11.8 Å². The molecule has 0 radical (unpaired) electrons. The van der Waals surface area contributed by atoms with Crippen LogP contribution in [-0.4, -0.2) is 11.8 Å². The van der Waals surface area contributed by atoms with E-state index in [-0.39, 0.29) is 11.8 Å². The highest BCUT2D eigenvalue weighted by atomic mass is 16.5. The van der Waals surface area contributed by atoms with E-state index in [9.17, 15) is 9.59 Å². The Morgan fingerprint density at radius 3 is 1.32 bits per heavy atom. The highest BCUT2D eigenvalue weighted by Crippen LogP contribution is 2.45. The summed E-state index contributed by atoms with van der Waals surface area (Å²) in [7, 11) is 0. The fourth-order valence-electron chi connectivity index (χ4n) is 4.15. The van der Waals surface area contributed by atoms with Crippen LogP contribution in [0.25, 0.3) is 0 Å². The second-order valence-corrected chi connectivity index (χ2v) is 9.11. The second-order valence-electron chi connectivity index (χ2n) is 9.11. The predicted octanol–water partition coefficient (Wildman–Crippen LogP) is 6.22. The number of ether oxygens (including phenoxy) is 2. The van der Waals surface area contributed by atoms with Crippen molar-refractivity contribution in [3.63, 3.8) is 0 Å². The van der Waals surface area contributed by atoms with E-state index >= 15 is 0 Å². The zero-order valence-corrected chi connectivity index (χ0v) is 20.8. The average molecular weight is 505 g/mol. The van der Waals surface area contributed by atoms with Crippen LogP contribution in [0.15, 0.2) is 121 Å². The Bertz CT molecular complexity index is 1290. The lowest BCUT2D eigenvalue weighted by atomic mass is 10.2. The van der Waals surface area contributed by atoms with Crippen molar-refractivity contribution in [1.82, 2.24) is 0 Å². The van der Waals surface area contributed by atoms with Crippen LogP contribution >= 0.6 is 0 Å². The van der Waals surface area contributed by atoms with E-state index in [0.29, 0.717) is 41.7 Å². The Morgan fingerprint density at radius 2 is 0.947 bits per heavy atom. The first-order valence-corrected chi connectivity index (χ1v) is 12.4. The molecule has 5 rings (SSSR count). The molecule has 0 saturated heterocycles. The third kappa shape index (κ3) is 6.28. The monoisotopic (exact) mass is 504 g/mol. The quantitative estimate of drug-likeness (QED) is 0.251. The maximum absolute atomic E-state index is 12.8. The maximum Gasteiger partial charge on any atom is 0.232 e. The largest absolute Gasteiger partial charge is 0.489 e. The van der Waals surface area contributed by atoms with Crippen LogP contribution in [0, 0.1) is 11.8 Å². The van der Waals surface area contributed by atoms with Gasteiger partial charge in [0.15, 0.2) is 0 Å². The first-order valence-electron chi connectivity index (χ1n) is 12.4. The summed E-state index contributed by atoms with van der Waals surface area (Å²) in [6, 6.07) is 34.1. The van der Waals surface area contributed by atoms with Gasteiger partial charge < -0.3 is 20.1 Å². The molecule has 6 nitrogen and oxygen atoms in total. The Morgan fingerprint density at radius 1 is 0.579 bits per heavy atom. The summed E-state index contributed by atoms with van der Waals surface area (Å²) in [5.41, 5.74) is 4.02. The van der Waals surface area contributed by atoms with Gasteiger partial charge in [-0.25, -0.2) is 0 Å². The molecule has 0 bridgehead atoms. The molecule has 0 unspecified atom stereocenters. The van der Waals surface area contributed by atoms with Gasteiger partial charge in [0, 0.05) is 11.4 Å². The number of amides is 2. The summed E-state index contributed by atoms with van der Waals surface area (Å²) in [4.78, 5) is 25.6. The summed E-state index contributed by atoms with van der Waals surface area (Å²) in [5.74, 6) is -0.210. The van der Waals surface area contributed by atoms with Crippen LogP contribution in [0.3, 0.4) is 0 Å². The fraction of sp³-hybridized carbons (Fsp3) is 0.125. The zero-order valence-electron chi connectivity index (χ0n) is 20.8. The Kier molecular flexibility index (Phi) is 7.50. The minimum absolute atomic E-state index is 0.252. The molecule has 2 amide bonds. The van der Waals surface area contributed by atoms with Gasteiger partial charge in [0.2, 0.25) is 11.8 Å². The van der Waals surface area contributed by atoms with E-state index in [1.807, 2.05) is 60.7 Å². The van der Waals surface area contributed by atoms with Crippen LogP contribution in [0.1, 0.15) is 11.1 Å². The van der Waals surface area contributed by atoms with Gasteiger partial charge in [-0.15, -0.1) is 0 Å². The number of carbonyl (C=O) groups is 2. The molecule has 2 N–H and O–H groups in total.